The van der Waals surface area contributed by atoms with Crippen LogP contribution < -0.4 is 5.32 Å². The zero-order chi connectivity index (χ0) is 19.1. The molecule has 3 rings (SSSR count). The quantitative estimate of drug-likeness (QED) is 0.619. The molecule has 0 spiro atoms. The number of nitrogens with one attached hydrogen (secondary N) is 1. The lowest BCUT2D eigenvalue weighted by Gasteiger charge is -2.19. The van der Waals surface area contributed by atoms with Gasteiger partial charge in [0.2, 0.25) is 5.89 Å². The molecule has 0 aliphatic heterocycles. The van der Waals surface area contributed by atoms with E-state index >= 15 is 0 Å². The second-order valence-electron chi connectivity index (χ2n) is 6.62. The Morgan fingerprint density at radius 3 is 2.63 bits per heavy atom. The first-order chi connectivity index (χ1) is 13.1. The Bertz CT molecular complexity index is 828. The smallest absolute Gasteiger partial charge is 0.273 e. The summed E-state index contributed by atoms with van der Waals surface area (Å²) in [5, 5.41) is 2.90. The molecule has 2 aromatic heterocycles. The molecule has 0 unspecified atom stereocenters. The van der Waals surface area contributed by atoms with Crippen LogP contribution in [0.15, 0.2) is 63.8 Å². The predicted molar refractivity (Wildman–Crippen MR) is 102 cm³/mol. The number of nitrogens with zero attached hydrogens (tertiary/aromatic N) is 2. The fourth-order valence-electron chi connectivity index (χ4n) is 2.71. The third kappa shape index (κ3) is 5.56. The largest absolute Gasteiger partial charge is 0.468 e. The van der Waals surface area contributed by atoms with Crippen LogP contribution in [-0.4, -0.2) is 21.8 Å². The average molecular weight is 367 g/mol. The van der Waals surface area contributed by atoms with Crippen molar-refractivity contribution in [3.63, 3.8) is 0 Å². The summed E-state index contributed by atoms with van der Waals surface area (Å²) in [6, 6.07) is 14.1. The molecule has 0 saturated heterocycles. The number of carbonyl (C=O) groups excluding carboxylic acids is 1. The zero-order valence-electron chi connectivity index (χ0n) is 15.7. The maximum atomic E-state index is 12.2. The molecular weight excluding hydrogens is 342 g/mol. The van der Waals surface area contributed by atoms with E-state index in [2.05, 4.69) is 27.3 Å². The predicted octanol–water partition coefficient (Wildman–Crippen LogP) is 4.00. The van der Waals surface area contributed by atoms with Gasteiger partial charge in [0.15, 0.2) is 5.69 Å². The lowest BCUT2D eigenvalue weighted by Crippen LogP contribution is -2.32. The summed E-state index contributed by atoms with van der Waals surface area (Å²) in [5.41, 5.74) is 1.49. The van der Waals surface area contributed by atoms with Gasteiger partial charge in [-0.15, -0.1) is 0 Å². The van der Waals surface area contributed by atoms with Crippen LogP contribution in [0.1, 0.15) is 48.0 Å². The maximum Gasteiger partial charge on any atom is 0.273 e. The summed E-state index contributed by atoms with van der Waals surface area (Å²) >= 11 is 0. The molecule has 6 nitrogen and oxygen atoms in total. The minimum Gasteiger partial charge on any atom is -0.468 e. The molecular formula is C21H25N3O3. The summed E-state index contributed by atoms with van der Waals surface area (Å²) in [4.78, 5) is 18.7. The van der Waals surface area contributed by atoms with Crippen LogP contribution in [-0.2, 0) is 19.6 Å². The van der Waals surface area contributed by atoms with Gasteiger partial charge in [0.1, 0.15) is 12.0 Å². The summed E-state index contributed by atoms with van der Waals surface area (Å²) in [7, 11) is 0. The first-order valence-corrected chi connectivity index (χ1v) is 9.18. The molecule has 0 aliphatic rings. The van der Waals surface area contributed by atoms with Gasteiger partial charge < -0.3 is 14.2 Å². The van der Waals surface area contributed by atoms with Gasteiger partial charge >= 0.3 is 0 Å². The average Bonchev–Trinajstić information content (AvgIpc) is 3.34. The molecule has 1 N–H and O–H groups in total. The molecule has 27 heavy (non-hydrogen) atoms. The van der Waals surface area contributed by atoms with Crippen molar-refractivity contribution >= 4 is 5.91 Å². The van der Waals surface area contributed by atoms with Gasteiger partial charge in [0.25, 0.3) is 5.91 Å². The van der Waals surface area contributed by atoms with E-state index in [0.29, 0.717) is 24.7 Å². The highest BCUT2D eigenvalue weighted by molar-refractivity contribution is 5.92. The first-order valence-electron chi connectivity index (χ1n) is 9.18. The number of hydrogen-bond donors (Lipinski definition) is 1. The minimum atomic E-state index is -0.208. The number of furan rings is 1. The number of benzene rings is 1. The molecule has 1 amide bonds. The molecule has 3 aromatic rings. The van der Waals surface area contributed by atoms with Crippen molar-refractivity contribution in [2.75, 3.05) is 0 Å². The topological polar surface area (TPSA) is 71.5 Å². The van der Waals surface area contributed by atoms with Gasteiger partial charge in [0.05, 0.1) is 19.4 Å². The molecule has 0 saturated carbocycles. The summed E-state index contributed by atoms with van der Waals surface area (Å²) in [5.74, 6) is 1.17. The van der Waals surface area contributed by atoms with Crippen LogP contribution in [0, 0.1) is 0 Å². The van der Waals surface area contributed by atoms with E-state index in [9.17, 15) is 4.79 Å². The van der Waals surface area contributed by atoms with E-state index in [1.165, 1.54) is 11.8 Å². The van der Waals surface area contributed by atoms with Crippen LogP contribution >= 0.6 is 0 Å². The number of aromatic nitrogens is 1. The fraction of sp³-hybridized carbons (Fsp3) is 0.333. The van der Waals surface area contributed by atoms with Crippen molar-refractivity contribution in [3.8, 4) is 0 Å². The highest BCUT2D eigenvalue weighted by Gasteiger charge is 2.17. The van der Waals surface area contributed by atoms with Crippen LogP contribution in [0.5, 0.6) is 0 Å². The van der Waals surface area contributed by atoms with Crippen molar-refractivity contribution < 1.29 is 13.6 Å². The Balaban J connectivity index is 1.69. The van der Waals surface area contributed by atoms with Crippen molar-refractivity contribution in [2.45, 2.75) is 45.9 Å². The molecule has 1 aromatic carbocycles. The van der Waals surface area contributed by atoms with Gasteiger partial charge in [-0.05, 0) is 31.0 Å². The van der Waals surface area contributed by atoms with Crippen molar-refractivity contribution in [2.24, 2.45) is 0 Å². The summed E-state index contributed by atoms with van der Waals surface area (Å²) in [6.07, 6.45) is 3.95. The Hall–Kier alpha value is -2.86. The second-order valence-corrected chi connectivity index (χ2v) is 6.62. The minimum absolute atomic E-state index is 0.103. The number of rotatable bonds is 9. The SMILES string of the molecule is CC[C@@H](C)NC(=O)c1coc(CN(Cc2ccccc2)Cc2ccco2)n1. The van der Waals surface area contributed by atoms with Crippen molar-refractivity contribution in [1.82, 2.24) is 15.2 Å². The molecule has 1 atom stereocenters. The Morgan fingerprint density at radius 2 is 1.93 bits per heavy atom. The van der Waals surface area contributed by atoms with E-state index in [4.69, 9.17) is 8.83 Å². The second kappa shape index (κ2) is 9.19. The summed E-state index contributed by atoms with van der Waals surface area (Å²) < 4.78 is 11.0. The number of oxazole rings is 1. The molecule has 2 heterocycles. The van der Waals surface area contributed by atoms with E-state index in [0.717, 1.165) is 18.7 Å². The zero-order valence-corrected chi connectivity index (χ0v) is 15.7. The normalized spacial score (nSPS) is 12.3. The maximum absolute atomic E-state index is 12.2. The molecule has 0 fully saturated rings. The van der Waals surface area contributed by atoms with Gasteiger partial charge in [-0.1, -0.05) is 37.3 Å². The highest BCUT2D eigenvalue weighted by atomic mass is 16.3. The lowest BCUT2D eigenvalue weighted by atomic mass is 10.2. The van der Waals surface area contributed by atoms with Crippen LogP contribution in [0.2, 0.25) is 0 Å². The highest BCUT2D eigenvalue weighted by Crippen LogP contribution is 2.14. The lowest BCUT2D eigenvalue weighted by molar-refractivity contribution is 0.0934. The third-order valence-electron chi connectivity index (χ3n) is 4.34. The van der Waals surface area contributed by atoms with Crippen LogP contribution in [0.3, 0.4) is 0 Å². The Labute approximate surface area is 159 Å². The van der Waals surface area contributed by atoms with E-state index in [1.807, 2.05) is 44.2 Å². The number of carbonyl (C=O) groups is 1. The van der Waals surface area contributed by atoms with Crippen LogP contribution in [0.4, 0.5) is 0 Å². The van der Waals surface area contributed by atoms with Gasteiger partial charge in [0, 0.05) is 12.6 Å². The van der Waals surface area contributed by atoms with E-state index < -0.39 is 0 Å². The Kier molecular flexibility index (Phi) is 6.44. The van der Waals surface area contributed by atoms with E-state index in [1.54, 1.807) is 6.26 Å². The van der Waals surface area contributed by atoms with Gasteiger partial charge in [-0.3, -0.25) is 9.69 Å². The number of amides is 1. The van der Waals surface area contributed by atoms with Crippen molar-refractivity contribution in [1.29, 1.82) is 0 Å². The van der Waals surface area contributed by atoms with Crippen molar-refractivity contribution in [3.05, 3.63) is 77.9 Å². The monoisotopic (exact) mass is 367 g/mol. The molecule has 0 bridgehead atoms. The standard InChI is InChI=1S/C21H25N3O3/c1-3-16(2)22-21(25)19-15-27-20(23-19)14-24(13-18-10-7-11-26-18)12-17-8-5-4-6-9-17/h4-11,15-16H,3,12-14H2,1-2H3,(H,22,25)/t16-/m1/s1. The first kappa shape index (κ1) is 18.9. The molecule has 142 valence electrons. The van der Waals surface area contributed by atoms with Gasteiger partial charge in [-0.25, -0.2) is 4.98 Å². The molecule has 0 aliphatic carbocycles. The molecule has 0 radical (unpaired) electrons. The molecule has 6 heteroatoms. The summed E-state index contributed by atoms with van der Waals surface area (Å²) in [6.45, 7) is 5.81. The van der Waals surface area contributed by atoms with Crippen LogP contribution in [0.25, 0.3) is 0 Å². The number of hydrogen-bond acceptors (Lipinski definition) is 5. The van der Waals surface area contributed by atoms with E-state index in [-0.39, 0.29) is 11.9 Å². The third-order valence-corrected chi connectivity index (χ3v) is 4.34. The fourth-order valence-corrected chi connectivity index (χ4v) is 2.71. The Morgan fingerprint density at radius 1 is 1.11 bits per heavy atom. The van der Waals surface area contributed by atoms with Gasteiger partial charge in [-0.2, -0.15) is 0 Å².